The van der Waals surface area contributed by atoms with Crippen molar-refractivity contribution < 1.29 is 0 Å². The number of anilines is 2. The topological polar surface area (TPSA) is 63.8 Å². The molecular formula is C13H18N4S. The monoisotopic (exact) mass is 262 g/mol. The number of nitrogens with one attached hydrogen (secondary N) is 1. The largest absolute Gasteiger partial charge is 0.397 e. The van der Waals surface area contributed by atoms with E-state index in [1.807, 2.05) is 19.2 Å². The molecule has 0 aliphatic carbocycles. The van der Waals surface area contributed by atoms with Crippen LogP contribution in [0.15, 0.2) is 18.5 Å². The number of aromatic nitrogens is 2. The zero-order chi connectivity index (χ0) is 13.1. The van der Waals surface area contributed by atoms with E-state index in [1.54, 1.807) is 17.5 Å². The predicted octanol–water partition coefficient (Wildman–Crippen LogP) is 3.16. The molecule has 0 radical (unpaired) electrons. The summed E-state index contributed by atoms with van der Waals surface area (Å²) in [5, 5.41) is 4.46. The molecule has 96 valence electrons. The Morgan fingerprint density at radius 2 is 2.17 bits per heavy atom. The van der Waals surface area contributed by atoms with Gasteiger partial charge in [0.2, 0.25) is 0 Å². The molecule has 0 aromatic carbocycles. The molecule has 0 aliphatic heterocycles. The van der Waals surface area contributed by atoms with Crippen LogP contribution in [-0.4, -0.2) is 9.97 Å². The first-order valence-corrected chi connectivity index (χ1v) is 6.85. The van der Waals surface area contributed by atoms with E-state index < -0.39 is 0 Å². The molecule has 2 heterocycles. The fourth-order valence-corrected chi connectivity index (χ4v) is 2.56. The van der Waals surface area contributed by atoms with Gasteiger partial charge in [0, 0.05) is 11.1 Å². The van der Waals surface area contributed by atoms with E-state index >= 15 is 0 Å². The minimum absolute atomic E-state index is 0.158. The summed E-state index contributed by atoms with van der Waals surface area (Å²) >= 11 is 1.74. The maximum atomic E-state index is 5.69. The Balaban J connectivity index is 2.13. The maximum Gasteiger partial charge on any atom is 0.129 e. The number of aryl methyl sites for hydroxylation is 2. The molecule has 2 aromatic rings. The average Bonchev–Trinajstić information content (AvgIpc) is 2.81. The van der Waals surface area contributed by atoms with Crippen molar-refractivity contribution in [2.45, 2.75) is 33.2 Å². The molecule has 0 aliphatic rings. The Kier molecular flexibility index (Phi) is 3.81. The van der Waals surface area contributed by atoms with Crippen LogP contribution in [-0.2, 0) is 6.42 Å². The quantitative estimate of drug-likeness (QED) is 0.888. The second-order valence-electron chi connectivity index (χ2n) is 4.32. The van der Waals surface area contributed by atoms with Gasteiger partial charge in [-0.25, -0.2) is 9.97 Å². The van der Waals surface area contributed by atoms with E-state index in [1.165, 1.54) is 4.88 Å². The van der Waals surface area contributed by atoms with Crippen LogP contribution in [0.25, 0.3) is 0 Å². The number of nitrogens with two attached hydrogens (primary N) is 1. The molecule has 0 amide bonds. The Hall–Kier alpha value is -1.62. The maximum absolute atomic E-state index is 5.69. The summed E-state index contributed by atoms with van der Waals surface area (Å²) in [7, 11) is 0. The van der Waals surface area contributed by atoms with Crippen molar-refractivity contribution in [3.8, 4) is 0 Å². The van der Waals surface area contributed by atoms with Gasteiger partial charge >= 0.3 is 0 Å². The van der Waals surface area contributed by atoms with Crippen molar-refractivity contribution in [1.29, 1.82) is 0 Å². The summed E-state index contributed by atoms with van der Waals surface area (Å²) < 4.78 is 0. The first-order chi connectivity index (χ1) is 8.60. The number of thiazole rings is 1. The number of hydrogen-bond acceptors (Lipinski definition) is 5. The molecule has 0 fully saturated rings. The van der Waals surface area contributed by atoms with Crippen molar-refractivity contribution in [1.82, 2.24) is 9.97 Å². The third kappa shape index (κ3) is 2.79. The number of hydrogen-bond donors (Lipinski definition) is 2. The highest BCUT2D eigenvalue weighted by atomic mass is 32.1. The van der Waals surface area contributed by atoms with E-state index in [4.69, 9.17) is 5.73 Å². The highest BCUT2D eigenvalue weighted by molar-refractivity contribution is 7.11. The van der Waals surface area contributed by atoms with Gasteiger partial charge in [0.15, 0.2) is 0 Å². The molecule has 1 unspecified atom stereocenters. The second kappa shape index (κ2) is 5.35. The summed E-state index contributed by atoms with van der Waals surface area (Å²) in [5.41, 5.74) is 7.43. The lowest BCUT2D eigenvalue weighted by Gasteiger charge is -2.14. The van der Waals surface area contributed by atoms with Gasteiger partial charge in [-0.15, -0.1) is 11.3 Å². The summed E-state index contributed by atoms with van der Waals surface area (Å²) in [4.78, 5) is 10.1. The van der Waals surface area contributed by atoms with Crippen LogP contribution in [0.4, 0.5) is 11.5 Å². The first kappa shape index (κ1) is 12.8. The van der Waals surface area contributed by atoms with E-state index in [-0.39, 0.29) is 6.04 Å². The average molecular weight is 262 g/mol. The Labute approximate surface area is 111 Å². The summed E-state index contributed by atoms with van der Waals surface area (Å²) in [6.45, 7) is 6.23. The number of nitrogens with zero attached hydrogens (tertiary/aromatic N) is 2. The molecule has 0 spiro atoms. The third-order valence-corrected chi connectivity index (χ3v) is 4.07. The van der Waals surface area contributed by atoms with Gasteiger partial charge in [0.05, 0.1) is 17.9 Å². The standard InChI is InChI=1S/C13H18N4S/c1-4-11-7-16-13(18-11)9(3)17-12-8(2)5-10(14)6-15-12/h5-7,9H,4,14H2,1-3H3,(H,15,17). The lowest BCUT2D eigenvalue weighted by molar-refractivity contribution is 0.858. The lowest BCUT2D eigenvalue weighted by Crippen LogP contribution is -2.09. The van der Waals surface area contributed by atoms with Crippen LogP contribution in [0.1, 0.15) is 35.3 Å². The fourth-order valence-electron chi connectivity index (χ4n) is 1.70. The summed E-state index contributed by atoms with van der Waals surface area (Å²) in [6.07, 6.45) is 4.65. The van der Waals surface area contributed by atoms with Gasteiger partial charge in [0.1, 0.15) is 10.8 Å². The Morgan fingerprint density at radius 3 is 2.78 bits per heavy atom. The van der Waals surface area contributed by atoms with Crippen LogP contribution in [0.3, 0.4) is 0 Å². The Bertz CT molecular complexity index is 536. The summed E-state index contributed by atoms with van der Waals surface area (Å²) in [5.74, 6) is 0.866. The SMILES string of the molecule is CCc1cnc(C(C)Nc2ncc(N)cc2C)s1. The molecule has 18 heavy (non-hydrogen) atoms. The smallest absolute Gasteiger partial charge is 0.129 e. The van der Waals surface area contributed by atoms with Crippen molar-refractivity contribution >= 4 is 22.8 Å². The number of rotatable bonds is 4. The molecule has 0 saturated carbocycles. The molecular weight excluding hydrogens is 244 g/mol. The van der Waals surface area contributed by atoms with Crippen molar-refractivity contribution in [3.63, 3.8) is 0 Å². The van der Waals surface area contributed by atoms with Gasteiger partial charge in [-0.3, -0.25) is 0 Å². The van der Waals surface area contributed by atoms with Crippen LogP contribution in [0.2, 0.25) is 0 Å². The molecule has 0 bridgehead atoms. The number of nitrogen functional groups attached to an aromatic ring is 1. The van der Waals surface area contributed by atoms with Gasteiger partial charge in [-0.05, 0) is 31.9 Å². The zero-order valence-electron chi connectivity index (χ0n) is 10.9. The fraction of sp³-hybridized carbons (Fsp3) is 0.385. The minimum Gasteiger partial charge on any atom is -0.397 e. The molecule has 0 saturated heterocycles. The summed E-state index contributed by atoms with van der Waals surface area (Å²) in [6, 6.07) is 2.08. The Morgan fingerprint density at radius 1 is 1.39 bits per heavy atom. The minimum atomic E-state index is 0.158. The second-order valence-corrected chi connectivity index (χ2v) is 5.47. The molecule has 4 nitrogen and oxygen atoms in total. The first-order valence-electron chi connectivity index (χ1n) is 6.03. The molecule has 3 N–H and O–H groups in total. The van der Waals surface area contributed by atoms with Gasteiger partial charge in [-0.1, -0.05) is 6.92 Å². The zero-order valence-corrected chi connectivity index (χ0v) is 11.7. The van der Waals surface area contributed by atoms with Crippen molar-refractivity contribution in [2.24, 2.45) is 0 Å². The highest BCUT2D eigenvalue weighted by Gasteiger charge is 2.11. The van der Waals surface area contributed by atoms with E-state index in [0.717, 1.165) is 22.8 Å². The van der Waals surface area contributed by atoms with E-state index in [2.05, 4.69) is 29.1 Å². The van der Waals surface area contributed by atoms with Crippen molar-refractivity contribution in [2.75, 3.05) is 11.1 Å². The third-order valence-electron chi connectivity index (χ3n) is 2.74. The molecule has 1 atom stereocenters. The normalized spacial score (nSPS) is 12.4. The molecule has 5 heteroatoms. The molecule has 2 rings (SSSR count). The number of pyridine rings is 1. The van der Waals surface area contributed by atoms with Gasteiger partial charge in [0.25, 0.3) is 0 Å². The van der Waals surface area contributed by atoms with Crippen LogP contribution < -0.4 is 11.1 Å². The van der Waals surface area contributed by atoms with E-state index in [9.17, 15) is 0 Å². The van der Waals surface area contributed by atoms with Gasteiger partial charge < -0.3 is 11.1 Å². The predicted molar refractivity (Wildman–Crippen MR) is 76.9 cm³/mol. The van der Waals surface area contributed by atoms with Crippen LogP contribution in [0.5, 0.6) is 0 Å². The highest BCUT2D eigenvalue weighted by Crippen LogP contribution is 2.24. The molecule has 2 aromatic heterocycles. The van der Waals surface area contributed by atoms with Crippen LogP contribution in [0, 0.1) is 6.92 Å². The lowest BCUT2D eigenvalue weighted by atomic mass is 10.2. The van der Waals surface area contributed by atoms with Crippen molar-refractivity contribution in [3.05, 3.63) is 33.9 Å². The van der Waals surface area contributed by atoms with Crippen LogP contribution >= 0.6 is 11.3 Å². The van der Waals surface area contributed by atoms with E-state index in [0.29, 0.717) is 5.69 Å². The van der Waals surface area contributed by atoms with Gasteiger partial charge in [-0.2, -0.15) is 0 Å².